The smallest absolute Gasteiger partial charge is 0.243 e. The van der Waals surface area contributed by atoms with Crippen LogP contribution < -0.4 is 9.62 Å². The molecule has 2 aromatic carbocycles. The number of rotatable bonds is 11. The molecular formula is C27H37Cl2N3O4S. The van der Waals surface area contributed by atoms with E-state index < -0.39 is 21.6 Å². The Bertz CT molecular complexity index is 1200. The summed E-state index contributed by atoms with van der Waals surface area (Å²) in [4.78, 5) is 28.2. The molecule has 37 heavy (non-hydrogen) atoms. The van der Waals surface area contributed by atoms with Crippen molar-refractivity contribution >= 4 is 50.7 Å². The van der Waals surface area contributed by atoms with Crippen LogP contribution in [0.25, 0.3) is 0 Å². The number of hydrogen-bond acceptors (Lipinski definition) is 4. The molecule has 0 aliphatic heterocycles. The molecule has 0 bridgehead atoms. The highest BCUT2D eigenvalue weighted by Crippen LogP contribution is 2.31. The minimum absolute atomic E-state index is 0.0357. The number of halogens is 2. The van der Waals surface area contributed by atoms with Crippen LogP contribution in [0.2, 0.25) is 10.0 Å². The number of hydrogen-bond donors (Lipinski definition) is 1. The summed E-state index contributed by atoms with van der Waals surface area (Å²) in [7, 11) is -3.68. The molecule has 1 atom stereocenters. The molecule has 0 fully saturated rings. The van der Waals surface area contributed by atoms with Crippen molar-refractivity contribution in [2.45, 2.75) is 72.0 Å². The lowest BCUT2D eigenvalue weighted by Crippen LogP contribution is -2.53. The molecule has 0 heterocycles. The quantitative estimate of drug-likeness (QED) is 0.383. The number of anilines is 1. The summed E-state index contributed by atoms with van der Waals surface area (Å²) < 4.78 is 26.2. The maximum Gasteiger partial charge on any atom is 0.243 e. The molecule has 0 unspecified atom stereocenters. The largest absolute Gasteiger partial charge is 0.350 e. The lowest BCUT2D eigenvalue weighted by Gasteiger charge is -2.33. The van der Waals surface area contributed by atoms with E-state index in [0.29, 0.717) is 11.4 Å². The molecule has 0 aliphatic carbocycles. The van der Waals surface area contributed by atoms with Gasteiger partial charge >= 0.3 is 0 Å². The maximum absolute atomic E-state index is 13.5. The molecule has 0 aliphatic rings. The molecule has 0 radical (unpaired) electrons. The Kier molecular flexibility index (Phi) is 10.9. The van der Waals surface area contributed by atoms with Gasteiger partial charge in [-0.1, -0.05) is 60.0 Å². The predicted octanol–water partition coefficient (Wildman–Crippen LogP) is 5.57. The first-order valence-corrected chi connectivity index (χ1v) is 14.8. The summed E-state index contributed by atoms with van der Waals surface area (Å²) in [6.07, 6.45) is 1.80. The van der Waals surface area contributed by atoms with Gasteiger partial charge in [-0.3, -0.25) is 13.9 Å². The van der Waals surface area contributed by atoms with E-state index in [2.05, 4.69) is 5.32 Å². The van der Waals surface area contributed by atoms with Crippen molar-refractivity contribution in [2.24, 2.45) is 0 Å². The highest BCUT2D eigenvalue weighted by molar-refractivity contribution is 7.92. The van der Waals surface area contributed by atoms with Crippen LogP contribution >= 0.6 is 23.2 Å². The standard InChI is InChI=1S/C27H37Cl2N3O4S/c1-7-23(26(34)30-27(3,4)5)31(18-20-12-10-19(2)11-13-20)25(33)9-8-16-32(37(6,35)36)24-17-21(28)14-15-22(24)29/h10-15,17,23H,7-9,16,18H2,1-6H3,(H,30,34)/t23-/m1/s1. The Morgan fingerprint density at radius 3 is 2.22 bits per heavy atom. The minimum Gasteiger partial charge on any atom is -0.350 e. The van der Waals surface area contributed by atoms with Gasteiger partial charge in [0.1, 0.15) is 6.04 Å². The van der Waals surface area contributed by atoms with E-state index in [1.807, 2.05) is 58.9 Å². The fourth-order valence-corrected chi connectivity index (χ4v) is 5.33. The van der Waals surface area contributed by atoms with Crippen molar-refractivity contribution in [3.63, 3.8) is 0 Å². The van der Waals surface area contributed by atoms with Crippen LogP contribution in [0, 0.1) is 6.92 Å². The molecule has 0 saturated carbocycles. The monoisotopic (exact) mass is 569 g/mol. The number of sulfonamides is 1. The van der Waals surface area contributed by atoms with Crippen LogP contribution in [0.1, 0.15) is 58.1 Å². The molecule has 2 rings (SSSR count). The maximum atomic E-state index is 13.5. The molecule has 2 aromatic rings. The number of nitrogens with one attached hydrogen (secondary N) is 1. The number of benzene rings is 2. The van der Waals surface area contributed by atoms with Crippen LogP contribution in [0.4, 0.5) is 5.69 Å². The third-order valence-electron chi connectivity index (χ3n) is 5.69. The summed E-state index contributed by atoms with van der Waals surface area (Å²) in [6, 6.07) is 11.7. The molecule has 7 nitrogen and oxygen atoms in total. The van der Waals surface area contributed by atoms with E-state index in [1.165, 1.54) is 12.1 Å². The van der Waals surface area contributed by atoms with Crippen molar-refractivity contribution in [3.8, 4) is 0 Å². The Balaban J connectivity index is 2.27. The molecule has 2 amide bonds. The van der Waals surface area contributed by atoms with Gasteiger partial charge in [0.2, 0.25) is 21.8 Å². The van der Waals surface area contributed by atoms with Gasteiger partial charge in [-0.25, -0.2) is 8.42 Å². The van der Waals surface area contributed by atoms with Gasteiger partial charge in [0.05, 0.1) is 17.0 Å². The third-order valence-corrected chi connectivity index (χ3v) is 7.42. The topological polar surface area (TPSA) is 86.8 Å². The first-order chi connectivity index (χ1) is 17.1. The first-order valence-electron chi connectivity index (χ1n) is 12.2. The SMILES string of the molecule is CC[C@H](C(=O)NC(C)(C)C)N(Cc1ccc(C)cc1)C(=O)CCCN(c1cc(Cl)ccc1Cl)S(C)(=O)=O. The molecule has 1 N–H and O–H groups in total. The van der Waals surface area contributed by atoms with Crippen molar-refractivity contribution < 1.29 is 18.0 Å². The number of nitrogens with zero attached hydrogens (tertiary/aromatic N) is 2. The normalized spacial score (nSPS) is 12.6. The van der Waals surface area contributed by atoms with Crippen molar-refractivity contribution in [2.75, 3.05) is 17.1 Å². The summed E-state index contributed by atoms with van der Waals surface area (Å²) in [5, 5.41) is 3.57. The van der Waals surface area contributed by atoms with Gasteiger partial charge in [0.15, 0.2) is 0 Å². The minimum atomic E-state index is -3.68. The lowest BCUT2D eigenvalue weighted by molar-refractivity contribution is -0.142. The highest BCUT2D eigenvalue weighted by Gasteiger charge is 2.31. The summed E-state index contributed by atoms with van der Waals surface area (Å²) in [5.41, 5.74) is 1.82. The summed E-state index contributed by atoms with van der Waals surface area (Å²) in [5.74, 6) is -0.457. The van der Waals surface area contributed by atoms with Crippen LogP contribution in [0.5, 0.6) is 0 Å². The van der Waals surface area contributed by atoms with Crippen LogP contribution in [0.15, 0.2) is 42.5 Å². The van der Waals surface area contributed by atoms with Crippen LogP contribution in [-0.2, 0) is 26.2 Å². The van der Waals surface area contributed by atoms with Crippen molar-refractivity contribution in [1.29, 1.82) is 0 Å². The van der Waals surface area contributed by atoms with Gasteiger partial charge in [0, 0.05) is 30.1 Å². The zero-order valence-electron chi connectivity index (χ0n) is 22.3. The zero-order valence-corrected chi connectivity index (χ0v) is 24.7. The average Bonchev–Trinajstić information content (AvgIpc) is 2.77. The number of aryl methyl sites for hydroxylation is 1. The van der Waals surface area contributed by atoms with Gasteiger partial charge in [0.25, 0.3) is 0 Å². The van der Waals surface area contributed by atoms with Gasteiger partial charge in [-0.05, 0) is 64.3 Å². The van der Waals surface area contributed by atoms with Crippen molar-refractivity contribution in [1.82, 2.24) is 10.2 Å². The Hall–Kier alpha value is -2.29. The summed E-state index contributed by atoms with van der Waals surface area (Å²) >= 11 is 12.3. The van der Waals surface area contributed by atoms with Gasteiger partial charge < -0.3 is 10.2 Å². The second-order valence-electron chi connectivity index (χ2n) is 10.2. The van der Waals surface area contributed by atoms with Crippen LogP contribution in [-0.4, -0.2) is 49.5 Å². The molecule has 0 saturated heterocycles. The Morgan fingerprint density at radius 1 is 1.05 bits per heavy atom. The highest BCUT2D eigenvalue weighted by atomic mass is 35.5. The third kappa shape index (κ3) is 9.51. The lowest BCUT2D eigenvalue weighted by atomic mass is 10.0. The van der Waals surface area contributed by atoms with Crippen LogP contribution in [0.3, 0.4) is 0 Å². The number of carbonyl (C=O) groups excluding carboxylic acids is 2. The second-order valence-corrected chi connectivity index (χ2v) is 13.0. The predicted molar refractivity (Wildman–Crippen MR) is 152 cm³/mol. The number of carbonyl (C=O) groups is 2. The van der Waals surface area contributed by atoms with Crippen molar-refractivity contribution in [3.05, 3.63) is 63.6 Å². The van der Waals surface area contributed by atoms with E-state index >= 15 is 0 Å². The van der Waals surface area contributed by atoms with Gasteiger partial charge in [-0.15, -0.1) is 0 Å². The zero-order chi connectivity index (χ0) is 28.0. The molecule has 10 heteroatoms. The molecule has 0 spiro atoms. The summed E-state index contributed by atoms with van der Waals surface area (Å²) in [6.45, 7) is 9.84. The average molecular weight is 571 g/mol. The van der Waals surface area contributed by atoms with E-state index in [-0.39, 0.29) is 48.5 Å². The van der Waals surface area contributed by atoms with E-state index in [4.69, 9.17) is 23.2 Å². The Labute approximate surface area is 231 Å². The molecular weight excluding hydrogens is 533 g/mol. The molecule has 0 aromatic heterocycles. The first kappa shape index (κ1) is 30.9. The fraction of sp³-hybridized carbons (Fsp3) is 0.481. The fourth-order valence-electron chi connectivity index (χ4n) is 3.92. The van der Waals surface area contributed by atoms with E-state index in [0.717, 1.165) is 21.7 Å². The Morgan fingerprint density at radius 2 is 1.68 bits per heavy atom. The second kappa shape index (κ2) is 13.0. The molecule has 204 valence electrons. The van der Waals surface area contributed by atoms with E-state index in [1.54, 1.807) is 11.0 Å². The number of amides is 2. The van der Waals surface area contributed by atoms with Gasteiger partial charge in [-0.2, -0.15) is 0 Å². The van der Waals surface area contributed by atoms with E-state index in [9.17, 15) is 18.0 Å².